The van der Waals surface area contributed by atoms with Crippen LogP contribution in [0.1, 0.15) is 38.3 Å². The second kappa shape index (κ2) is 6.45. The van der Waals surface area contributed by atoms with E-state index < -0.39 is 0 Å². The summed E-state index contributed by atoms with van der Waals surface area (Å²) >= 11 is 0. The van der Waals surface area contributed by atoms with Crippen molar-refractivity contribution < 1.29 is 19.1 Å². The molecule has 2 aliphatic carbocycles. The Morgan fingerprint density at radius 2 is 1.77 bits per heavy atom. The molecule has 118 valence electrons. The van der Waals surface area contributed by atoms with Crippen LogP contribution >= 0.6 is 0 Å². The molecule has 0 aromatic heterocycles. The minimum absolute atomic E-state index is 0.0109. The van der Waals surface area contributed by atoms with Crippen molar-refractivity contribution in [3.8, 4) is 0 Å². The predicted molar refractivity (Wildman–Crippen MR) is 79.9 cm³/mol. The van der Waals surface area contributed by atoms with Gasteiger partial charge in [-0.25, -0.2) is 0 Å². The van der Waals surface area contributed by atoms with E-state index in [-0.39, 0.29) is 23.5 Å². The highest BCUT2D eigenvalue weighted by Crippen LogP contribution is 2.85. The fourth-order valence-electron chi connectivity index (χ4n) is 4.07. The van der Waals surface area contributed by atoms with Crippen molar-refractivity contribution in [2.24, 2.45) is 17.8 Å². The van der Waals surface area contributed by atoms with E-state index in [2.05, 4.69) is 38.1 Å². The van der Waals surface area contributed by atoms with Gasteiger partial charge in [-0.15, -0.1) is 0 Å². The molecular weight excluding hydrogens is 280 g/mol. The zero-order chi connectivity index (χ0) is 16.3. The number of rotatable bonds is 5. The van der Waals surface area contributed by atoms with Crippen LogP contribution in [0, 0.1) is 17.8 Å². The maximum Gasteiger partial charge on any atom is 0.373 e. The molecular formula is C18H22O4. The van der Waals surface area contributed by atoms with Gasteiger partial charge in [0.2, 0.25) is 0 Å². The summed E-state index contributed by atoms with van der Waals surface area (Å²) in [6.07, 6.45) is 2.48. The molecule has 0 heterocycles. The number of fused-ring (bicyclic) bond motifs is 1. The predicted octanol–water partition coefficient (Wildman–Crippen LogP) is 2.75. The van der Waals surface area contributed by atoms with Crippen LogP contribution < -0.4 is 0 Å². The summed E-state index contributed by atoms with van der Waals surface area (Å²) in [5.74, 6) is 1.38. The second-order valence-corrected chi connectivity index (χ2v) is 5.84. The molecule has 0 radical (unpaired) electrons. The minimum atomic E-state index is 0.0109. The lowest BCUT2D eigenvalue weighted by molar-refractivity contribution is -0.191. The number of ether oxygens (including phenoxy) is 1. The summed E-state index contributed by atoms with van der Waals surface area (Å²) in [6, 6.07) is 8.85. The number of carbonyl (C=O) groups is 1. The monoisotopic (exact) mass is 302 g/mol. The van der Waals surface area contributed by atoms with Crippen molar-refractivity contribution >= 4 is 12.1 Å². The average Bonchev–Trinajstić information content (AvgIpc) is 3.37. The van der Waals surface area contributed by atoms with Crippen LogP contribution in [0.15, 0.2) is 24.3 Å². The molecule has 2 unspecified atom stereocenters. The first-order valence-electron chi connectivity index (χ1n) is 7.88. The van der Waals surface area contributed by atoms with Crippen LogP contribution in [-0.4, -0.2) is 18.7 Å². The molecule has 2 saturated carbocycles. The van der Waals surface area contributed by atoms with Gasteiger partial charge in [-0.05, 0) is 36.3 Å². The van der Waals surface area contributed by atoms with E-state index in [1.54, 1.807) is 0 Å². The molecule has 22 heavy (non-hydrogen) atoms. The van der Waals surface area contributed by atoms with E-state index in [0.717, 1.165) is 12.8 Å². The third kappa shape index (κ3) is 2.38. The molecule has 0 amide bonds. The van der Waals surface area contributed by atoms with Gasteiger partial charge in [-0.1, -0.05) is 44.5 Å². The topological polar surface area (TPSA) is 60.4 Å². The molecule has 0 spiro atoms. The van der Waals surface area contributed by atoms with Crippen molar-refractivity contribution in [3.05, 3.63) is 35.4 Å². The Bertz CT molecular complexity index is 571. The fraction of sp³-hybridized carbons (Fsp3) is 0.556. The zero-order valence-electron chi connectivity index (χ0n) is 13.3. The first-order chi connectivity index (χ1) is 10.6. The molecule has 1 aromatic carbocycles. The SMILES string of the molecule is CCOC(=O)[C@@H]1C2[C@@H](CC)C21c1ccc(CC)cc1.O=C=O. The van der Waals surface area contributed by atoms with Gasteiger partial charge in [0.25, 0.3) is 0 Å². The molecule has 4 nitrogen and oxygen atoms in total. The van der Waals surface area contributed by atoms with Crippen LogP contribution in [0.25, 0.3) is 0 Å². The highest BCUT2D eigenvalue weighted by Gasteiger charge is 2.88. The molecule has 0 bridgehead atoms. The normalized spacial score (nSPS) is 30.2. The molecule has 1 aromatic rings. The summed E-state index contributed by atoms with van der Waals surface area (Å²) in [6.45, 7) is 6.76. The van der Waals surface area contributed by atoms with Crippen molar-refractivity contribution in [2.75, 3.05) is 6.61 Å². The molecule has 0 aliphatic heterocycles. The Kier molecular flexibility index (Phi) is 4.82. The lowest BCUT2D eigenvalue weighted by Gasteiger charge is -2.18. The van der Waals surface area contributed by atoms with Gasteiger partial charge < -0.3 is 4.74 Å². The highest BCUT2D eigenvalue weighted by atomic mass is 16.5. The number of hydrogen-bond donors (Lipinski definition) is 0. The molecule has 4 heteroatoms. The van der Waals surface area contributed by atoms with E-state index in [1.165, 1.54) is 11.1 Å². The van der Waals surface area contributed by atoms with Crippen molar-refractivity contribution in [3.63, 3.8) is 0 Å². The van der Waals surface area contributed by atoms with Crippen LogP contribution in [0.4, 0.5) is 0 Å². The van der Waals surface area contributed by atoms with Gasteiger partial charge in [0.05, 0.1) is 12.5 Å². The Hall–Kier alpha value is -1.93. The number of hydrogen-bond acceptors (Lipinski definition) is 4. The Morgan fingerprint density at radius 3 is 2.23 bits per heavy atom. The number of benzene rings is 1. The Morgan fingerprint density at radius 1 is 1.18 bits per heavy atom. The quantitative estimate of drug-likeness (QED) is 0.785. The largest absolute Gasteiger partial charge is 0.466 e. The molecule has 0 saturated heterocycles. The van der Waals surface area contributed by atoms with Crippen LogP contribution in [0.2, 0.25) is 0 Å². The van der Waals surface area contributed by atoms with E-state index >= 15 is 0 Å². The summed E-state index contributed by atoms with van der Waals surface area (Å²) in [4.78, 5) is 28.2. The first kappa shape index (κ1) is 16.4. The molecule has 2 fully saturated rings. The standard InChI is InChI=1S/C17H22O2.CO2/c1-4-11-7-9-12(10-8-11)17-13(5-2)14(17)15(17)16(18)19-6-3;2-1-3/h7-10,13-15H,4-6H2,1-3H3;/t13-,14?,15+,17?;/m1./s1. The van der Waals surface area contributed by atoms with E-state index in [9.17, 15) is 4.79 Å². The zero-order valence-corrected chi connectivity index (χ0v) is 13.3. The number of esters is 1. The Balaban J connectivity index is 0.000000545. The van der Waals surface area contributed by atoms with E-state index in [1.807, 2.05) is 6.92 Å². The molecule has 2 aliphatic rings. The maximum atomic E-state index is 12.0. The van der Waals surface area contributed by atoms with Crippen LogP contribution in [0.5, 0.6) is 0 Å². The lowest BCUT2D eigenvalue weighted by atomic mass is 9.88. The smallest absolute Gasteiger partial charge is 0.373 e. The second-order valence-electron chi connectivity index (χ2n) is 5.84. The maximum absolute atomic E-state index is 12.0. The molecule has 0 N–H and O–H groups in total. The van der Waals surface area contributed by atoms with Crippen LogP contribution in [0.3, 0.4) is 0 Å². The lowest BCUT2D eigenvalue weighted by Crippen LogP contribution is -2.22. The summed E-state index contributed by atoms with van der Waals surface area (Å²) in [5, 5.41) is 0. The van der Waals surface area contributed by atoms with E-state index in [0.29, 0.717) is 18.4 Å². The fourth-order valence-corrected chi connectivity index (χ4v) is 4.07. The first-order valence-corrected chi connectivity index (χ1v) is 7.88. The highest BCUT2D eigenvalue weighted by molar-refractivity contribution is 5.84. The van der Waals surface area contributed by atoms with Gasteiger partial charge in [-0.2, -0.15) is 9.59 Å². The third-order valence-corrected chi connectivity index (χ3v) is 5.10. The van der Waals surface area contributed by atoms with E-state index in [4.69, 9.17) is 14.3 Å². The average molecular weight is 302 g/mol. The summed E-state index contributed by atoms with van der Waals surface area (Å²) < 4.78 is 5.21. The van der Waals surface area contributed by atoms with Crippen molar-refractivity contribution in [1.29, 1.82) is 0 Å². The van der Waals surface area contributed by atoms with Gasteiger partial charge in [-0.3, -0.25) is 4.79 Å². The van der Waals surface area contributed by atoms with Gasteiger partial charge in [0, 0.05) is 5.41 Å². The van der Waals surface area contributed by atoms with Crippen molar-refractivity contribution in [2.45, 2.75) is 39.0 Å². The number of aryl methyl sites for hydroxylation is 1. The molecule has 3 rings (SSSR count). The van der Waals surface area contributed by atoms with Gasteiger partial charge in [0.1, 0.15) is 0 Å². The van der Waals surface area contributed by atoms with Gasteiger partial charge >= 0.3 is 12.1 Å². The van der Waals surface area contributed by atoms with Crippen LogP contribution in [-0.2, 0) is 31.0 Å². The third-order valence-electron chi connectivity index (χ3n) is 5.10. The summed E-state index contributed by atoms with van der Waals surface area (Å²) in [7, 11) is 0. The Labute approximate surface area is 130 Å². The number of carbonyl (C=O) groups excluding carboxylic acids is 3. The molecule has 4 atom stereocenters. The van der Waals surface area contributed by atoms with Gasteiger partial charge in [0.15, 0.2) is 0 Å². The summed E-state index contributed by atoms with van der Waals surface area (Å²) in [5.41, 5.74) is 2.84. The minimum Gasteiger partial charge on any atom is -0.466 e. The van der Waals surface area contributed by atoms with Crippen molar-refractivity contribution in [1.82, 2.24) is 0 Å².